The zero-order valence-corrected chi connectivity index (χ0v) is 14.5. The first-order valence-corrected chi connectivity index (χ1v) is 9.65. The molecule has 0 bridgehead atoms. The summed E-state index contributed by atoms with van der Waals surface area (Å²) in [7, 11) is 0. The lowest BCUT2D eigenvalue weighted by Crippen LogP contribution is -2.41. The Morgan fingerprint density at radius 1 is 1.26 bits per heavy atom. The van der Waals surface area contributed by atoms with Gasteiger partial charge in [-0.2, -0.15) is 9.61 Å². The molecule has 0 unspecified atom stereocenters. The summed E-state index contributed by atoms with van der Waals surface area (Å²) < 4.78 is 1.44. The van der Waals surface area contributed by atoms with Crippen molar-refractivity contribution in [2.45, 2.75) is 52.0 Å². The van der Waals surface area contributed by atoms with Crippen LogP contribution < -0.4 is 5.56 Å². The van der Waals surface area contributed by atoms with E-state index in [9.17, 15) is 4.79 Å². The highest BCUT2D eigenvalue weighted by atomic mass is 32.1. The third-order valence-electron chi connectivity index (χ3n) is 5.40. The van der Waals surface area contributed by atoms with Gasteiger partial charge in [-0.05, 0) is 37.6 Å². The van der Waals surface area contributed by atoms with Gasteiger partial charge in [-0.15, -0.1) is 0 Å². The lowest BCUT2D eigenvalue weighted by atomic mass is 9.75. The SMILES string of the molecule is CCc1nn2c(=O)cc(CN3CC[C@@H]4CCCC[C@@H]4C3)nc2s1. The van der Waals surface area contributed by atoms with E-state index in [1.807, 2.05) is 0 Å². The molecule has 2 aromatic heterocycles. The Morgan fingerprint density at radius 2 is 2.09 bits per heavy atom. The number of rotatable bonds is 3. The van der Waals surface area contributed by atoms with Crippen molar-refractivity contribution in [2.75, 3.05) is 13.1 Å². The van der Waals surface area contributed by atoms with Crippen LogP contribution in [0.2, 0.25) is 0 Å². The highest BCUT2D eigenvalue weighted by molar-refractivity contribution is 7.16. The zero-order chi connectivity index (χ0) is 15.8. The molecule has 3 heterocycles. The van der Waals surface area contributed by atoms with Crippen LogP contribution in [0.4, 0.5) is 0 Å². The van der Waals surface area contributed by atoms with Crippen LogP contribution in [0.3, 0.4) is 0 Å². The third-order valence-corrected chi connectivity index (χ3v) is 6.46. The van der Waals surface area contributed by atoms with Crippen molar-refractivity contribution in [1.29, 1.82) is 0 Å². The number of hydrogen-bond donors (Lipinski definition) is 0. The summed E-state index contributed by atoms with van der Waals surface area (Å²) in [5.74, 6) is 1.80. The first-order chi connectivity index (χ1) is 11.2. The molecule has 2 aromatic rings. The van der Waals surface area contributed by atoms with E-state index >= 15 is 0 Å². The molecular formula is C17H24N4OS. The second-order valence-electron chi connectivity index (χ2n) is 6.96. The van der Waals surface area contributed by atoms with E-state index in [2.05, 4.69) is 21.9 Å². The number of nitrogens with zero attached hydrogens (tertiary/aromatic N) is 4. The van der Waals surface area contributed by atoms with E-state index in [4.69, 9.17) is 0 Å². The fourth-order valence-electron chi connectivity index (χ4n) is 4.17. The predicted molar refractivity (Wildman–Crippen MR) is 91.9 cm³/mol. The van der Waals surface area contributed by atoms with Gasteiger partial charge in [-0.25, -0.2) is 4.98 Å². The molecule has 0 amide bonds. The Balaban J connectivity index is 1.52. The van der Waals surface area contributed by atoms with Crippen molar-refractivity contribution in [3.63, 3.8) is 0 Å². The molecule has 4 rings (SSSR count). The van der Waals surface area contributed by atoms with E-state index in [0.717, 1.165) is 47.0 Å². The number of piperidine rings is 1. The first kappa shape index (κ1) is 15.3. The molecule has 0 radical (unpaired) electrons. The minimum absolute atomic E-state index is 0.0477. The number of aromatic nitrogens is 3. The van der Waals surface area contributed by atoms with Crippen molar-refractivity contribution >= 4 is 16.3 Å². The lowest BCUT2D eigenvalue weighted by molar-refractivity contribution is 0.0812. The van der Waals surface area contributed by atoms with Gasteiger partial charge in [-0.1, -0.05) is 37.5 Å². The van der Waals surface area contributed by atoms with Gasteiger partial charge in [-0.3, -0.25) is 9.69 Å². The lowest BCUT2D eigenvalue weighted by Gasteiger charge is -2.41. The average molecular weight is 332 g/mol. The summed E-state index contributed by atoms with van der Waals surface area (Å²) in [5.41, 5.74) is 0.851. The maximum atomic E-state index is 12.2. The second kappa shape index (κ2) is 6.32. The fourth-order valence-corrected chi connectivity index (χ4v) is 5.03. The summed E-state index contributed by atoms with van der Waals surface area (Å²) in [5, 5.41) is 5.29. The number of likely N-dealkylation sites (tertiary alicyclic amines) is 1. The number of hydrogen-bond acceptors (Lipinski definition) is 5. The second-order valence-corrected chi connectivity index (χ2v) is 8.00. The highest BCUT2D eigenvalue weighted by Crippen LogP contribution is 2.36. The van der Waals surface area contributed by atoms with Crippen LogP contribution in [-0.4, -0.2) is 32.6 Å². The quantitative estimate of drug-likeness (QED) is 0.867. The molecule has 2 aliphatic rings. The van der Waals surface area contributed by atoms with Crippen LogP contribution in [-0.2, 0) is 13.0 Å². The van der Waals surface area contributed by atoms with Crippen molar-refractivity contribution in [1.82, 2.24) is 19.5 Å². The van der Waals surface area contributed by atoms with E-state index in [-0.39, 0.29) is 5.56 Å². The zero-order valence-electron chi connectivity index (χ0n) is 13.7. The van der Waals surface area contributed by atoms with Crippen LogP contribution in [0.25, 0.3) is 4.96 Å². The van der Waals surface area contributed by atoms with Gasteiger partial charge < -0.3 is 0 Å². The molecular weight excluding hydrogens is 308 g/mol. The molecule has 2 atom stereocenters. The van der Waals surface area contributed by atoms with Crippen molar-refractivity contribution in [2.24, 2.45) is 11.8 Å². The molecule has 2 fully saturated rings. The van der Waals surface area contributed by atoms with Crippen molar-refractivity contribution in [3.05, 3.63) is 27.1 Å². The van der Waals surface area contributed by atoms with E-state index in [1.165, 1.54) is 54.5 Å². The summed E-state index contributed by atoms with van der Waals surface area (Å²) in [6.07, 6.45) is 7.77. The summed E-state index contributed by atoms with van der Waals surface area (Å²) >= 11 is 1.53. The van der Waals surface area contributed by atoms with Crippen molar-refractivity contribution < 1.29 is 0 Å². The van der Waals surface area contributed by atoms with Gasteiger partial charge in [0.25, 0.3) is 5.56 Å². The molecule has 0 aromatic carbocycles. The molecule has 6 heteroatoms. The molecule has 23 heavy (non-hydrogen) atoms. The molecule has 124 valence electrons. The highest BCUT2D eigenvalue weighted by Gasteiger charge is 2.31. The average Bonchev–Trinajstić information content (AvgIpc) is 2.98. The molecule has 5 nitrogen and oxygen atoms in total. The van der Waals surface area contributed by atoms with Crippen LogP contribution >= 0.6 is 11.3 Å². The monoisotopic (exact) mass is 332 g/mol. The predicted octanol–water partition coefficient (Wildman–Crippen LogP) is 2.73. The fraction of sp³-hybridized carbons (Fsp3) is 0.706. The standard InChI is InChI=1S/C17H24N4OS/c1-2-15-19-21-16(22)9-14(18-17(21)23-15)11-20-8-7-12-5-3-4-6-13(12)10-20/h9,12-13H,2-8,10-11H2,1H3/t12-,13+/m0/s1. The molecule has 1 aliphatic carbocycles. The van der Waals surface area contributed by atoms with Crippen LogP contribution in [0, 0.1) is 11.8 Å². The van der Waals surface area contributed by atoms with Crippen LogP contribution in [0.15, 0.2) is 10.9 Å². The van der Waals surface area contributed by atoms with Crippen LogP contribution in [0.5, 0.6) is 0 Å². The summed E-state index contributed by atoms with van der Waals surface area (Å²) in [6, 6.07) is 1.67. The Kier molecular flexibility index (Phi) is 4.20. The Hall–Kier alpha value is -1.27. The van der Waals surface area contributed by atoms with Gasteiger partial charge in [0.05, 0.1) is 5.69 Å². The van der Waals surface area contributed by atoms with E-state index in [0.29, 0.717) is 0 Å². The van der Waals surface area contributed by atoms with Gasteiger partial charge in [0.15, 0.2) is 0 Å². The molecule has 0 spiro atoms. The Bertz CT molecular complexity index is 753. The number of aryl methyl sites for hydroxylation is 1. The Labute approximate surface area is 140 Å². The van der Waals surface area contributed by atoms with Gasteiger partial charge in [0, 0.05) is 19.2 Å². The topological polar surface area (TPSA) is 50.5 Å². The van der Waals surface area contributed by atoms with E-state index < -0.39 is 0 Å². The number of fused-ring (bicyclic) bond motifs is 2. The van der Waals surface area contributed by atoms with Gasteiger partial charge in [0.2, 0.25) is 4.96 Å². The maximum Gasteiger partial charge on any atom is 0.275 e. The maximum absolute atomic E-state index is 12.2. The van der Waals surface area contributed by atoms with Gasteiger partial charge in [0.1, 0.15) is 5.01 Å². The minimum Gasteiger partial charge on any atom is -0.297 e. The summed E-state index contributed by atoms with van der Waals surface area (Å²) in [4.78, 5) is 20.2. The van der Waals surface area contributed by atoms with Gasteiger partial charge >= 0.3 is 0 Å². The Morgan fingerprint density at radius 3 is 2.91 bits per heavy atom. The van der Waals surface area contributed by atoms with Crippen LogP contribution in [0.1, 0.15) is 49.7 Å². The van der Waals surface area contributed by atoms with Crippen molar-refractivity contribution in [3.8, 4) is 0 Å². The summed E-state index contributed by atoms with van der Waals surface area (Å²) in [6.45, 7) is 5.17. The molecule has 1 aliphatic heterocycles. The molecule has 1 saturated heterocycles. The normalized spacial score (nSPS) is 25.6. The molecule has 0 N–H and O–H groups in total. The molecule has 1 saturated carbocycles. The minimum atomic E-state index is -0.0477. The largest absolute Gasteiger partial charge is 0.297 e. The smallest absolute Gasteiger partial charge is 0.275 e. The van der Waals surface area contributed by atoms with E-state index in [1.54, 1.807) is 6.07 Å². The third kappa shape index (κ3) is 3.06. The first-order valence-electron chi connectivity index (χ1n) is 8.84.